The molecule has 34 heavy (non-hydrogen) atoms. The Morgan fingerprint density at radius 1 is 1.12 bits per heavy atom. The van der Waals surface area contributed by atoms with Crippen molar-refractivity contribution in [2.75, 3.05) is 26.3 Å². The van der Waals surface area contributed by atoms with Crippen LogP contribution in [0.2, 0.25) is 0 Å². The highest BCUT2D eigenvalue weighted by Gasteiger charge is 2.30. The van der Waals surface area contributed by atoms with E-state index in [0.29, 0.717) is 38.5 Å². The third-order valence-electron chi connectivity index (χ3n) is 6.58. The zero-order chi connectivity index (χ0) is 23.8. The molecular formula is C26H29N3O5. The molecule has 1 N–H and O–H groups in total. The Kier molecular flexibility index (Phi) is 6.00. The highest BCUT2D eigenvalue weighted by Crippen LogP contribution is 2.31. The molecule has 0 atom stereocenters. The van der Waals surface area contributed by atoms with Crippen molar-refractivity contribution in [3.63, 3.8) is 0 Å². The summed E-state index contributed by atoms with van der Waals surface area (Å²) in [7, 11) is 0. The van der Waals surface area contributed by atoms with Crippen LogP contribution in [0.15, 0.2) is 32.3 Å². The minimum Gasteiger partial charge on any atom is -0.464 e. The normalized spacial score (nSPS) is 17.3. The van der Waals surface area contributed by atoms with Crippen LogP contribution in [0.3, 0.4) is 0 Å². The van der Waals surface area contributed by atoms with Gasteiger partial charge in [0.1, 0.15) is 11.3 Å². The highest BCUT2D eigenvalue weighted by molar-refractivity contribution is 6.06. The molecule has 0 bridgehead atoms. The monoisotopic (exact) mass is 463 g/mol. The molecule has 8 nitrogen and oxygen atoms in total. The number of nitrogens with one attached hydrogen (secondary N) is 1. The number of carbonyl (C=O) groups is 2. The predicted octanol–water partition coefficient (Wildman–Crippen LogP) is 3.82. The van der Waals surface area contributed by atoms with Crippen LogP contribution in [-0.4, -0.2) is 48.7 Å². The summed E-state index contributed by atoms with van der Waals surface area (Å²) in [6.45, 7) is 8.12. The van der Waals surface area contributed by atoms with Gasteiger partial charge in [0.2, 0.25) is 5.91 Å². The fourth-order valence-electron chi connectivity index (χ4n) is 4.99. The van der Waals surface area contributed by atoms with Crippen LogP contribution in [0, 0.1) is 20.8 Å². The summed E-state index contributed by atoms with van der Waals surface area (Å²) in [6, 6.07) is 4.06. The predicted molar refractivity (Wildman–Crippen MR) is 127 cm³/mol. The fraction of sp³-hybridized carbons (Fsp3) is 0.423. The van der Waals surface area contributed by atoms with E-state index in [0.717, 1.165) is 63.1 Å². The first-order chi connectivity index (χ1) is 16.4. The van der Waals surface area contributed by atoms with Gasteiger partial charge in [-0.2, -0.15) is 5.10 Å². The lowest BCUT2D eigenvalue weighted by atomic mass is 9.93. The molecular weight excluding hydrogens is 434 g/mol. The lowest BCUT2D eigenvalue weighted by molar-refractivity contribution is -0.120. The molecule has 3 heterocycles. The van der Waals surface area contributed by atoms with Crippen molar-refractivity contribution in [1.82, 2.24) is 10.3 Å². The number of furan rings is 2. The second kappa shape index (κ2) is 9.10. The van der Waals surface area contributed by atoms with Crippen LogP contribution in [0.5, 0.6) is 0 Å². The molecule has 1 aliphatic heterocycles. The van der Waals surface area contributed by atoms with Crippen molar-refractivity contribution in [3.8, 4) is 0 Å². The number of ether oxygens (including phenoxy) is 1. The Hall–Kier alpha value is -3.39. The molecule has 3 aromatic rings. The average molecular weight is 464 g/mol. The number of morpholine rings is 1. The molecule has 5 rings (SSSR count). The van der Waals surface area contributed by atoms with Gasteiger partial charge < -0.3 is 18.5 Å². The van der Waals surface area contributed by atoms with E-state index in [9.17, 15) is 9.59 Å². The standard InChI is InChI=1S/C26H29N3O5/c1-15-11-16(2)23-18(14-33-21(23)12-15)13-22(30)28-27-19-5-4-6-20-24(19)17(3)25(34-20)26(31)29-7-9-32-10-8-29/h11-12,14H,4-10,13H2,1-3H3,(H,28,30)/b27-19+. The molecule has 2 amide bonds. The summed E-state index contributed by atoms with van der Waals surface area (Å²) in [4.78, 5) is 27.5. The van der Waals surface area contributed by atoms with Crippen LogP contribution < -0.4 is 5.43 Å². The van der Waals surface area contributed by atoms with Crippen LogP contribution >= 0.6 is 0 Å². The molecule has 2 aromatic heterocycles. The molecule has 1 aliphatic carbocycles. The van der Waals surface area contributed by atoms with Crippen LogP contribution in [-0.2, 0) is 22.4 Å². The second-order valence-corrected chi connectivity index (χ2v) is 9.10. The number of rotatable bonds is 4. The number of amides is 2. The van der Waals surface area contributed by atoms with Crippen molar-refractivity contribution in [1.29, 1.82) is 0 Å². The van der Waals surface area contributed by atoms with E-state index in [4.69, 9.17) is 13.6 Å². The zero-order valence-electron chi connectivity index (χ0n) is 19.8. The van der Waals surface area contributed by atoms with Crippen molar-refractivity contribution in [3.05, 3.63) is 57.7 Å². The number of aryl methyl sites for hydroxylation is 3. The number of benzene rings is 1. The third kappa shape index (κ3) is 4.14. The number of hydrogen-bond acceptors (Lipinski definition) is 6. The van der Waals surface area contributed by atoms with Gasteiger partial charge in [-0.15, -0.1) is 0 Å². The van der Waals surface area contributed by atoms with E-state index in [2.05, 4.69) is 16.6 Å². The molecule has 0 radical (unpaired) electrons. The smallest absolute Gasteiger partial charge is 0.290 e. The molecule has 0 unspecified atom stereocenters. The van der Waals surface area contributed by atoms with Gasteiger partial charge >= 0.3 is 0 Å². The van der Waals surface area contributed by atoms with E-state index in [1.165, 1.54) is 0 Å². The molecule has 1 aromatic carbocycles. The Morgan fingerprint density at radius 3 is 2.71 bits per heavy atom. The van der Waals surface area contributed by atoms with Gasteiger partial charge in [-0.3, -0.25) is 9.59 Å². The van der Waals surface area contributed by atoms with Crippen LogP contribution in [0.4, 0.5) is 0 Å². The molecule has 0 saturated carbocycles. The molecule has 1 fully saturated rings. The Labute approximate surface area is 197 Å². The van der Waals surface area contributed by atoms with Crippen molar-refractivity contribution in [2.45, 2.75) is 46.5 Å². The van der Waals surface area contributed by atoms with Gasteiger partial charge in [0, 0.05) is 41.6 Å². The zero-order valence-corrected chi connectivity index (χ0v) is 19.8. The van der Waals surface area contributed by atoms with E-state index in [-0.39, 0.29) is 18.2 Å². The maximum Gasteiger partial charge on any atom is 0.290 e. The summed E-state index contributed by atoms with van der Waals surface area (Å²) in [6.07, 6.45) is 4.13. The SMILES string of the molecule is Cc1cc(C)c2c(CC(=O)N/N=C3\CCCc4oc(C(=O)N5CCOCC5)c(C)c43)coc2c1. The molecule has 8 heteroatoms. The number of hydrazone groups is 1. The van der Waals surface area contributed by atoms with E-state index in [1.807, 2.05) is 26.8 Å². The van der Waals surface area contributed by atoms with E-state index in [1.54, 1.807) is 11.2 Å². The largest absolute Gasteiger partial charge is 0.464 e. The Morgan fingerprint density at radius 2 is 1.91 bits per heavy atom. The third-order valence-corrected chi connectivity index (χ3v) is 6.58. The lowest BCUT2D eigenvalue weighted by Gasteiger charge is -2.26. The van der Waals surface area contributed by atoms with Gasteiger partial charge in [-0.05, 0) is 50.8 Å². The van der Waals surface area contributed by atoms with Crippen molar-refractivity contribution < 1.29 is 23.2 Å². The summed E-state index contributed by atoms with van der Waals surface area (Å²) in [5.41, 5.74) is 8.93. The fourth-order valence-corrected chi connectivity index (χ4v) is 4.99. The lowest BCUT2D eigenvalue weighted by Crippen LogP contribution is -2.40. The highest BCUT2D eigenvalue weighted by atomic mass is 16.5. The van der Waals surface area contributed by atoms with Gasteiger partial charge in [0.05, 0.1) is 31.6 Å². The van der Waals surface area contributed by atoms with Gasteiger partial charge in [0.15, 0.2) is 5.76 Å². The first-order valence-electron chi connectivity index (χ1n) is 11.7. The number of fused-ring (bicyclic) bond motifs is 2. The van der Waals surface area contributed by atoms with E-state index >= 15 is 0 Å². The first-order valence-corrected chi connectivity index (χ1v) is 11.7. The average Bonchev–Trinajstić information content (AvgIpc) is 3.39. The quantitative estimate of drug-likeness (QED) is 0.593. The van der Waals surface area contributed by atoms with Crippen molar-refractivity contribution in [2.24, 2.45) is 5.10 Å². The topological polar surface area (TPSA) is 97.3 Å². The Balaban J connectivity index is 1.34. The van der Waals surface area contributed by atoms with Crippen LogP contribution in [0.1, 0.15) is 57.0 Å². The molecule has 0 spiro atoms. The summed E-state index contributed by atoms with van der Waals surface area (Å²) >= 11 is 0. The van der Waals surface area contributed by atoms with Gasteiger partial charge in [-0.1, -0.05) is 6.07 Å². The van der Waals surface area contributed by atoms with Gasteiger partial charge in [0.25, 0.3) is 5.91 Å². The van der Waals surface area contributed by atoms with E-state index < -0.39 is 0 Å². The van der Waals surface area contributed by atoms with Gasteiger partial charge in [-0.25, -0.2) is 5.43 Å². The number of hydrogen-bond donors (Lipinski definition) is 1. The number of nitrogens with zero attached hydrogens (tertiary/aromatic N) is 2. The molecule has 2 aliphatic rings. The Bertz CT molecular complexity index is 1290. The molecule has 1 saturated heterocycles. The minimum absolute atomic E-state index is 0.115. The summed E-state index contributed by atoms with van der Waals surface area (Å²) in [5.74, 6) is 0.799. The molecule has 178 valence electrons. The second-order valence-electron chi connectivity index (χ2n) is 9.10. The van der Waals surface area contributed by atoms with Crippen LogP contribution in [0.25, 0.3) is 11.0 Å². The maximum absolute atomic E-state index is 13.0. The summed E-state index contributed by atoms with van der Waals surface area (Å²) < 4.78 is 17.0. The van der Waals surface area contributed by atoms with Crippen molar-refractivity contribution >= 4 is 28.5 Å². The first kappa shape index (κ1) is 22.4. The maximum atomic E-state index is 13.0. The number of carbonyl (C=O) groups excluding carboxylic acids is 2. The minimum atomic E-state index is -0.215. The summed E-state index contributed by atoms with van der Waals surface area (Å²) in [5, 5.41) is 5.43.